The predicted molar refractivity (Wildman–Crippen MR) is 110 cm³/mol. The van der Waals surface area contributed by atoms with Crippen molar-refractivity contribution in [3.63, 3.8) is 0 Å². The van der Waals surface area contributed by atoms with Crippen LogP contribution in [0, 0.1) is 5.92 Å². The molecule has 3 rings (SSSR count). The molecule has 0 spiro atoms. The Kier molecular flexibility index (Phi) is 7.61. The number of thioether (sulfide) groups is 1. The molecule has 1 saturated heterocycles. The number of hydrogen-bond donors (Lipinski definition) is 1. The van der Waals surface area contributed by atoms with Gasteiger partial charge in [0.2, 0.25) is 15.9 Å². The summed E-state index contributed by atoms with van der Waals surface area (Å²) in [5, 5.41) is 3.77. The fourth-order valence-corrected chi connectivity index (χ4v) is 6.66. The summed E-state index contributed by atoms with van der Waals surface area (Å²) < 4.78 is 27.0. The van der Waals surface area contributed by atoms with E-state index in [1.54, 1.807) is 30.3 Å². The topological polar surface area (TPSA) is 66.5 Å². The van der Waals surface area contributed by atoms with Gasteiger partial charge in [-0.15, -0.1) is 0 Å². The minimum Gasteiger partial charge on any atom is -0.355 e. The third-order valence-corrected chi connectivity index (χ3v) is 8.70. The first-order valence-electron chi connectivity index (χ1n) is 10.0. The number of nitrogens with one attached hydrogen (secondary N) is 1. The van der Waals surface area contributed by atoms with E-state index < -0.39 is 10.0 Å². The van der Waals surface area contributed by atoms with Crippen LogP contribution in [-0.4, -0.2) is 49.3 Å². The van der Waals surface area contributed by atoms with Gasteiger partial charge in [0.05, 0.1) is 10.8 Å². The molecule has 27 heavy (non-hydrogen) atoms. The SMILES string of the molecule is O=C(NCCSC1CCCCC1)[C@@H]1CCCN(S(=O)(=O)c2ccccc2)C1. The highest BCUT2D eigenvalue weighted by Gasteiger charge is 2.33. The quantitative estimate of drug-likeness (QED) is 0.701. The van der Waals surface area contributed by atoms with Gasteiger partial charge in [0.1, 0.15) is 0 Å². The Balaban J connectivity index is 1.46. The Bertz CT molecular complexity index is 703. The molecule has 1 aliphatic heterocycles. The van der Waals surface area contributed by atoms with E-state index >= 15 is 0 Å². The van der Waals surface area contributed by atoms with Crippen LogP contribution >= 0.6 is 11.8 Å². The number of carbonyl (C=O) groups excluding carboxylic acids is 1. The number of hydrogen-bond acceptors (Lipinski definition) is 4. The fourth-order valence-electron chi connectivity index (χ4n) is 3.89. The van der Waals surface area contributed by atoms with Crippen LogP contribution in [0.2, 0.25) is 0 Å². The molecule has 1 N–H and O–H groups in total. The van der Waals surface area contributed by atoms with E-state index in [0.29, 0.717) is 18.0 Å². The van der Waals surface area contributed by atoms with Crippen LogP contribution in [0.5, 0.6) is 0 Å². The van der Waals surface area contributed by atoms with Gasteiger partial charge in [-0.3, -0.25) is 4.79 Å². The highest BCUT2D eigenvalue weighted by atomic mass is 32.2. The molecule has 0 radical (unpaired) electrons. The summed E-state index contributed by atoms with van der Waals surface area (Å²) in [5.41, 5.74) is 0. The maximum Gasteiger partial charge on any atom is 0.243 e. The lowest BCUT2D eigenvalue weighted by molar-refractivity contribution is -0.125. The smallest absolute Gasteiger partial charge is 0.243 e. The highest BCUT2D eigenvalue weighted by molar-refractivity contribution is 7.99. The van der Waals surface area contributed by atoms with Gasteiger partial charge < -0.3 is 5.32 Å². The molecule has 0 aromatic heterocycles. The average Bonchev–Trinajstić information content (AvgIpc) is 2.72. The molecule has 0 bridgehead atoms. The molecule has 1 amide bonds. The number of carbonyl (C=O) groups is 1. The molecule has 0 unspecified atom stereocenters. The summed E-state index contributed by atoms with van der Waals surface area (Å²) in [7, 11) is -3.52. The molecule has 1 saturated carbocycles. The lowest BCUT2D eigenvalue weighted by Crippen LogP contribution is -2.45. The van der Waals surface area contributed by atoms with E-state index in [0.717, 1.165) is 23.8 Å². The summed E-state index contributed by atoms with van der Waals surface area (Å²) in [6, 6.07) is 8.48. The van der Waals surface area contributed by atoms with Crippen molar-refractivity contribution < 1.29 is 13.2 Å². The van der Waals surface area contributed by atoms with Crippen LogP contribution in [0.3, 0.4) is 0 Å². The molecule has 1 aliphatic carbocycles. The van der Waals surface area contributed by atoms with Crippen LogP contribution < -0.4 is 5.32 Å². The zero-order valence-corrected chi connectivity index (χ0v) is 17.4. The molecule has 150 valence electrons. The first-order chi connectivity index (χ1) is 13.1. The number of amides is 1. The monoisotopic (exact) mass is 410 g/mol. The van der Waals surface area contributed by atoms with Gasteiger partial charge in [-0.1, -0.05) is 37.5 Å². The van der Waals surface area contributed by atoms with E-state index in [1.807, 2.05) is 11.8 Å². The lowest BCUT2D eigenvalue weighted by atomic mass is 9.99. The average molecular weight is 411 g/mol. The third-order valence-electron chi connectivity index (χ3n) is 5.44. The summed E-state index contributed by atoms with van der Waals surface area (Å²) in [6.07, 6.45) is 8.10. The van der Waals surface area contributed by atoms with Gasteiger partial charge in [0.15, 0.2) is 0 Å². The van der Waals surface area contributed by atoms with Crippen molar-refractivity contribution in [2.24, 2.45) is 5.92 Å². The second-order valence-corrected chi connectivity index (χ2v) is 10.8. The molecule has 1 aromatic rings. The van der Waals surface area contributed by atoms with Crippen molar-refractivity contribution in [1.29, 1.82) is 0 Å². The maximum absolute atomic E-state index is 12.8. The van der Waals surface area contributed by atoms with Gasteiger partial charge in [0.25, 0.3) is 0 Å². The maximum atomic E-state index is 12.8. The second kappa shape index (κ2) is 9.94. The Morgan fingerprint density at radius 3 is 2.56 bits per heavy atom. The summed E-state index contributed by atoms with van der Waals surface area (Å²) in [4.78, 5) is 12.8. The van der Waals surface area contributed by atoms with E-state index in [9.17, 15) is 13.2 Å². The van der Waals surface area contributed by atoms with Crippen LogP contribution in [0.1, 0.15) is 44.9 Å². The van der Waals surface area contributed by atoms with Crippen molar-refractivity contribution >= 4 is 27.7 Å². The molecule has 1 aromatic carbocycles. The van der Waals surface area contributed by atoms with Gasteiger partial charge in [0, 0.05) is 30.6 Å². The molecule has 2 fully saturated rings. The third kappa shape index (κ3) is 5.72. The Labute approximate surface area is 167 Å². The molecule has 2 aliphatic rings. The van der Waals surface area contributed by atoms with Crippen LogP contribution in [0.25, 0.3) is 0 Å². The number of piperidine rings is 1. The molecule has 1 heterocycles. The molecule has 7 heteroatoms. The first-order valence-corrected chi connectivity index (χ1v) is 12.5. The van der Waals surface area contributed by atoms with Crippen molar-refractivity contribution in [1.82, 2.24) is 9.62 Å². The summed E-state index contributed by atoms with van der Waals surface area (Å²) in [6.45, 7) is 1.43. The van der Waals surface area contributed by atoms with Gasteiger partial charge >= 0.3 is 0 Å². The molecule has 5 nitrogen and oxygen atoms in total. The van der Waals surface area contributed by atoms with Crippen molar-refractivity contribution in [3.8, 4) is 0 Å². The second-order valence-electron chi connectivity index (χ2n) is 7.44. The Morgan fingerprint density at radius 1 is 1.07 bits per heavy atom. The Hall–Kier alpha value is -1.05. The van der Waals surface area contributed by atoms with Gasteiger partial charge in [-0.2, -0.15) is 16.1 Å². The predicted octanol–water partition coefficient (Wildman–Crippen LogP) is 3.27. The largest absolute Gasteiger partial charge is 0.355 e. The lowest BCUT2D eigenvalue weighted by Gasteiger charge is -2.31. The van der Waals surface area contributed by atoms with E-state index in [4.69, 9.17) is 0 Å². The molecule has 1 atom stereocenters. The van der Waals surface area contributed by atoms with Crippen LogP contribution in [0.4, 0.5) is 0 Å². The van der Waals surface area contributed by atoms with Crippen molar-refractivity contribution in [3.05, 3.63) is 30.3 Å². The highest BCUT2D eigenvalue weighted by Crippen LogP contribution is 2.28. The minimum atomic E-state index is -3.52. The van der Waals surface area contributed by atoms with E-state index in [2.05, 4.69) is 5.32 Å². The minimum absolute atomic E-state index is 0.00722. The van der Waals surface area contributed by atoms with Gasteiger partial charge in [-0.25, -0.2) is 8.42 Å². The normalized spacial score (nSPS) is 22.4. The standard InChI is InChI=1S/C20H30N2O3S2/c23-20(21-13-15-26-18-9-3-1-4-10-18)17-8-7-14-22(16-17)27(24,25)19-11-5-2-6-12-19/h2,5-6,11-12,17-18H,1,3-4,7-10,13-16H2,(H,21,23)/t17-/m1/s1. The van der Waals surface area contributed by atoms with Crippen LogP contribution in [-0.2, 0) is 14.8 Å². The zero-order valence-electron chi connectivity index (χ0n) is 15.8. The number of nitrogens with zero attached hydrogens (tertiary/aromatic N) is 1. The van der Waals surface area contributed by atoms with E-state index in [-0.39, 0.29) is 18.4 Å². The summed E-state index contributed by atoms with van der Waals surface area (Å²) in [5.74, 6) is 0.680. The van der Waals surface area contributed by atoms with Gasteiger partial charge in [-0.05, 0) is 37.8 Å². The summed E-state index contributed by atoms with van der Waals surface area (Å²) >= 11 is 1.97. The first kappa shape index (κ1) is 20.7. The zero-order chi connectivity index (χ0) is 19.1. The number of sulfonamides is 1. The fraction of sp³-hybridized carbons (Fsp3) is 0.650. The van der Waals surface area contributed by atoms with Crippen molar-refractivity contribution in [2.45, 2.75) is 55.1 Å². The van der Waals surface area contributed by atoms with Crippen molar-refractivity contribution in [2.75, 3.05) is 25.4 Å². The molecular formula is C20H30N2O3S2. The van der Waals surface area contributed by atoms with Crippen LogP contribution in [0.15, 0.2) is 35.2 Å². The van der Waals surface area contributed by atoms with E-state index in [1.165, 1.54) is 36.4 Å². The molecular weight excluding hydrogens is 380 g/mol. The number of rotatable bonds is 7. The number of benzene rings is 1. The Morgan fingerprint density at radius 2 is 1.81 bits per heavy atom.